The summed E-state index contributed by atoms with van der Waals surface area (Å²) < 4.78 is 10.8. The Morgan fingerprint density at radius 3 is 2.61 bits per heavy atom. The normalized spacial score (nSPS) is 21.1. The molecule has 1 aliphatic carbocycles. The number of nitrogens with zero attached hydrogens (tertiary/aromatic N) is 2. The molecule has 1 saturated heterocycles. The van der Waals surface area contributed by atoms with Crippen molar-refractivity contribution in [2.45, 2.75) is 43.1 Å². The number of carbonyl (C=O) groups excluding carboxylic acids is 2. The lowest BCUT2D eigenvalue weighted by Gasteiger charge is -2.40. The fourth-order valence-corrected chi connectivity index (χ4v) is 5.75. The van der Waals surface area contributed by atoms with E-state index < -0.39 is 0 Å². The lowest BCUT2D eigenvalue weighted by Crippen LogP contribution is -2.69. The van der Waals surface area contributed by atoms with E-state index >= 15 is 0 Å². The Balaban J connectivity index is 1.26. The summed E-state index contributed by atoms with van der Waals surface area (Å²) in [6, 6.07) is 13.8. The van der Waals surface area contributed by atoms with Crippen molar-refractivity contribution in [3.63, 3.8) is 0 Å². The molecule has 33 heavy (non-hydrogen) atoms. The van der Waals surface area contributed by atoms with E-state index in [1.54, 1.807) is 4.90 Å². The van der Waals surface area contributed by atoms with E-state index in [1.807, 2.05) is 43.3 Å². The Kier molecular flexibility index (Phi) is 5.52. The number of benzene rings is 2. The van der Waals surface area contributed by atoms with Gasteiger partial charge in [0, 0.05) is 39.0 Å². The van der Waals surface area contributed by atoms with E-state index in [4.69, 9.17) is 9.47 Å². The van der Waals surface area contributed by atoms with E-state index in [1.165, 1.54) is 5.56 Å². The highest BCUT2D eigenvalue weighted by Crippen LogP contribution is 2.52. The van der Waals surface area contributed by atoms with E-state index in [2.05, 4.69) is 23.9 Å². The van der Waals surface area contributed by atoms with E-state index in [9.17, 15) is 9.59 Å². The average Bonchev–Trinajstić information content (AvgIpc) is 3.41. The lowest BCUT2D eigenvalue weighted by atomic mass is 9.73. The fourth-order valence-electron chi connectivity index (χ4n) is 5.75. The maximum atomic E-state index is 13.2. The van der Waals surface area contributed by atoms with Crippen molar-refractivity contribution >= 4 is 11.8 Å². The van der Waals surface area contributed by atoms with Gasteiger partial charge in [0.1, 0.15) is 0 Å². The second-order valence-corrected chi connectivity index (χ2v) is 9.77. The van der Waals surface area contributed by atoms with Gasteiger partial charge in [-0.15, -0.1) is 0 Å². The van der Waals surface area contributed by atoms with Crippen LogP contribution >= 0.6 is 0 Å². The predicted molar refractivity (Wildman–Crippen MR) is 123 cm³/mol. The first-order valence-corrected chi connectivity index (χ1v) is 11.7. The van der Waals surface area contributed by atoms with Crippen LogP contribution < -0.4 is 15.2 Å². The summed E-state index contributed by atoms with van der Waals surface area (Å²) >= 11 is 0. The van der Waals surface area contributed by atoms with Gasteiger partial charge in [0.2, 0.25) is 12.7 Å². The average molecular weight is 451 g/mol. The molecule has 3 N–H and O–H groups in total. The van der Waals surface area contributed by atoms with Crippen LogP contribution in [0.2, 0.25) is 0 Å². The SMILES string of the molecule is CN(C)C(=O)C1CC2(CCN(C(=O)C([NH3+])Cc3ccc4c(c3)OCO4)CC2)c2ccccc21. The summed E-state index contributed by atoms with van der Waals surface area (Å²) in [5.74, 6) is 1.64. The van der Waals surface area contributed by atoms with Gasteiger partial charge >= 0.3 is 0 Å². The molecule has 0 radical (unpaired) electrons. The van der Waals surface area contributed by atoms with E-state index in [0.717, 1.165) is 41.9 Å². The first-order valence-electron chi connectivity index (χ1n) is 11.7. The topological polar surface area (TPSA) is 86.7 Å². The third-order valence-corrected chi connectivity index (χ3v) is 7.54. The van der Waals surface area contributed by atoms with Crippen LogP contribution in [0.5, 0.6) is 11.5 Å². The second-order valence-electron chi connectivity index (χ2n) is 9.77. The highest BCUT2D eigenvalue weighted by atomic mass is 16.7. The summed E-state index contributed by atoms with van der Waals surface area (Å²) in [5, 5.41) is 0. The zero-order valence-electron chi connectivity index (χ0n) is 19.4. The van der Waals surface area contributed by atoms with Gasteiger partial charge in [-0.1, -0.05) is 30.3 Å². The smallest absolute Gasteiger partial charge is 0.281 e. The molecule has 2 aromatic carbocycles. The molecule has 2 amide bonds. The summed E-state index contributed by atoms with van der Waals surface area (Å²) in [4.78, 5) is 29.7. The van der Waals surface area contributed by atoms with Gasteiger partial charge in [0.05, 0.1) is 5.92 Å². The molecule has 3 aliphatic rings. The van der Waals surface area contributed by atoms with Gasteiger partial charge in [-0.25, -0.2) is 0 Å². The van der Waals surface area contributed by atoms with Gasteiger partial charge in [-0.2, -0.15) is 0 Å². The van der Waals surface area contributed by atoms with Crippen molar-refractivity contribution in [3.8, 4) is 11.5 Å². The minimum Gasteiger partial charge on any atom is -0.454 e. The molecule has 2 aromatic rings. The molecule has 2 atom stereocenters. The van der Waals surface area contributed by atoms with Gasteiger partial charge < -0.3 is 25.0 Å². The van der Waals surface area contributed by atoms with Crippen molar-refractivity contribution in [2.24, 2.45) is 0 Å². The predicted octanol–water partition coefficient (Wildman–Crippen LogP) is 1.70. The number of amides is 2. The van der Waals surface area contributed by atoms with Crippen LogP contribution in [-0.4, -0.2) is 61.6 Å². The van der Waals surface area contributed by atoms with Gasteiger partial charge in [-0.05, 0) is 48.1 Å². The van der Waals surface area contributed by atoms with Crippen LogP contribution in [-0.2, 0) is 21.4 Å². The molecule has 0 bridgehead atoms. The standard InChI is InChI=1S/C26H31N3O4/c1-28(2)24(30)19-15-26(20-6-4-3-5-18(19)20)9-11-29(12-10-26)25(31)21(27)13-17-7-8-22-23(14-17)33-16-32-22/h3-8,14,19,21H,9-13,15-16,27H2,1-2H3/p+1. The third-order valence-electron chi connectivity index (χ3n) is 7.54. The number of rotatable bonds is 4. The molecule has 1 fully saturated rings. The van der Waals surface area contributed by atoms with Crippen LogP contribution in [0.3, 0.4) is 0 Å². The van der Waals surface area contributed by atoms with Crippen molar-refractivity contribution in [2.75, 3.05) is 34.0 Å². The second kappa shape index (κ2) is 8.37. The van der Waals surface area contributed by atoms with Crippen molar-refractivity contribution in [1.82, 2.24) is 9.80 Å². The number of likely N-dealkylation sites (N-methyl/N-ethyl adjacent to an activating group) is 1. The van der Waals surface area contributed by atoms with E-state index in [0.29, 0.717) is 19.5 Å². The molecule has 5 rings (SSSR count). The number of ether oxygens (including phenoxy) is 2. The summed E-state index contributed by atoms with van der Waals surface area (Å²) in [6.07, 6.45) is 3.16. The van der Waals surface area contributed by atoms with Crippen molar-refractivity contribution in [3.05, 3.63) is 59.2 Å². The fraction of sp³-hybridized carbons (Fsp3) is 0.462. The van der Waals surface area contributed by atoms with Crippen LogP contribution in [0, 0.1) is 0 Å². The maximum absolute atomic E-state index is 13.2. The lowest BCUT2D eigenvalue weighted by molar-refractivity contribution is -0.405. The zero-order valence-corrected chi connectivity index (χ0v) is 19.4. The molecule has 0 saturated carbocycles. The third kappa shape index (κ3) is 3.84. The molecular formula is C26H32N3O4+. The number of fused-ring (bicyclic) bond motifs is 3. The largest absolute Gasteiger partial charge is 0.454 e. The number of quaternary nitrogens is 1. The molecular weight excluding hydrogens is 418 g/mol. The quantitative estimate of drug-likeness (QED) is 0.768. The Morgan fingerprint density at radius 1 is 1.12 bits per heavy atom. The van der Waals surface area contributed by atoms with Gasteiger partial charge in [0.25, 0.3) is 5.91 Å². The highest BCUT2D eigenvalue weighted by molar-refractivity contribution is 5.85. The van der Waals surface area contributed by atoms with Crippen LogP contribution in [0.4, 0.5) is 0 Å². The number of likely N-dealkylation sites (tertiary alicyclic amines) is 1. The molecule has 0 aromatic heterocycles. The monoisotopic (exact) mass is 450 g/mol. The highest BCUT2D eigenvalue weighted by Gasteiger charge is 2.48. The van der Waals surface area contributed by atoms with Crippen LogP contribution in [0.25, 0.3) is 0 Å². The Labute approximate surface area is 194 Å². The Morgan fingerprint density at radius 2 is 1.85 bits per heavy atom. The first-order chi connectivity index (χ1) is 15.9. The Hall–Kier alpha value is -3.06. The number of carbonyl (C=O) groups is 2. The molecule has 2 unspecified atom stereocenters. The van der Waals surface area contributed by atoms with Crippen LogP contribution in [0.1, 0.15) is 41.9 Å². The van der Waals surface area contributed by atoms with Crippen LogP contribution in [0.15, 0.2) is 42.5 Å². The summed E-state index contributed by atoms with van der Waals surface area (Å²) in [7, 11) is 3.65. The maximum Gasteiger partial charge on any atom is 0.281 e. The molecule has 2 aliphatic heterocycles. The number of hydrogen-bond donors (Lipinski definition) is 1. The minimum atomic E-state index is -0.349. The van der Waals surface area contributed by atoms with E-state index in [-0.39, 0.29) is 36.0 Å². The first kappa shape index (κ1) is 21.8. The molecule has 2 heterocycles. The minimum absolute atomic E-state index is 0.0301. The van der Waals surface area contributed by atoms with Gasteiger partial charge in [-0.3, -0.25) is 9.59 Å². The summed E-state index contributed by atoms with van der Waals surface area (Å²) in [6.45, 7) is 1.64. The van der Waals surface area contributed by atoms with Crippen molar-refractivity contribution in [1.29, 1.82) is 0 Å². The van der Waals surface area contributed by atoms with Crippen molar-refractivity contribution < 1.29 is 24.8 Å². The molecule has 174 valence electrons. The summed E-state index contributed by atoms with van der Waals surface area (Å²) in [5.41, 5.74) is 7.62. The molecule has 1 spiro atoms. The number of piperidine rings is 1. The number of hydrogen-bond acceptors (Lipinski definition) is 4. The van der Waals surface area contributed by atoms with Gasteiger partial charge in [0.15, 0.2) is 17.5 Å². The molecule has 7 nitrogen and oxygen atoms in total. The molecule has 7 heteroatoms. The Bertz CT molecular complexity index is 1070. The zero-order chi connectivity index (χ0) is 23.2.